The molecule has 40 heavy (non-hydrogen) atoms. The number of benzene rings is 1. The van der Waals surface area contributed by atoms with E-state index in [-0.39, 0.29) is 17.7 Å². The van der Waals surface area contributed by atoms with Gasteiger partial charge in [-0.2, -0.15) is 5.10 Å². The van der Waals surface area contributed by atoms with Crippen LogP contribution >= 0.6 is 0 Å². The number of aliphatic hydroxyl groups is 1. The van der Waals surface area contributed by atoms with Crippen LogP contribution in [0.2, 0.25) is 0 Å². The minimum Gasteiger partial charge on any atom is -0.390 e. The molecule has 2 amide bonds. The van der Waals surface area contributed by atoms with Gasteiger partial charge in [-0.05, 0) is 70.9 Å². The lowest BCUT2D eigenvalue weighted by Gasteiger charge is -2.52. The fourth-order valence-corrected chi connectivity index (χ4v) is 7.10. The van der Waals surface area contributed by atoms with Gasteiger partial charge in [0.2, 0.25) is 11.8 Å². The van der Waals surface area contributed by atoms with Crippen molar-refractivity contribution in [3.63, 3.8) is 0 Å². The number of unbranched alkanes of at least 4 members (excludes halogenated alkanes) is 1. The Morgan fingerprint density at radius 3 is 2.38 bits per heavy atom. The average Bonchev–Trinajstić information content (AvgIpc) is 3.25. The second-order valence-electron chi connectivity index (χ2n) is 12.4. The number of nitrogens with zero attached hydrogens (tertiary/aromatic N) is 4. The average molecular weight is 550 g/mol. The van der Waals surface area contributed by atoms with Crippen LogP contribution in [0.25, 0.3) is 5.69 Å². The van der Waals surface area contributed by atoms with E-state index in [1.807, 2.05) is 9.58 Å². The lowest BCUT2D eigenvalue weighted by Crippen LogP contribution is -2.75. The van der Waals surface area contributed by atoms with E-state index in [2.05, 4.69) is 62.2 Å². The van der Waals surface area contributed by atoms with Gasteiger partial charge in [0.25, 0.3) is 0 Å². The standard InChI is InChI=1S/C32H47N5O3/c1-5-6-18-36-30(39)28(29(38)25-10-8-7-9-11-25)33-31(40)32(36)16-19-35(20-17-32)21-27-23(3)34-37(24(27)4)26-14-12-22(2)13-15-26/h12-15,25,28-29,38H,5-11,16-21H2,1-4H3,(H,33,40). The van der Waals surface area contributed by atoms with Crippen molar-refractivity contribution in [2.75, 3.05) is 19.6 Å². The Balaban J connectivity index is 1.30. The second-order valence-corrected chi connectivity index (χ2v) is 12.4. The number of rotatable bonds is 8. The molecule has 8 heteroatoms. The highest BCUT2D eigenvalue weighted by Crippen LogP contribution is 2.37. The Morgan fingerprint density at radius 2 is 1.73 bits per heavy atom. The molecular weight excluding hydrogens is 502 g/mol. The maximum atomic E-state index is 13.9. The van der Waals surface area contributed by atoms with Crippen LogP contribution in [0.15, 0.2) is 24.3 Å². The molecule has 3 heterocycles. The number of hydrogen-bond acceptors (Lipinski definition) is 5. The lowest BCUT2D eigenvalue weighted by molar-refractivity contribution is -0.166. The molecule has 2 aliphatic heterocycles. The molecule has 1 aromatic heterocycles. The Labute approximate surface area is 239 Å². The highest BCUT2D eigenvalue weighted by Gasteiger charge is 2.55. The van der Waals surface area contributed by atoms with Crippen molar-refractivity contribution in [3.05, 3.63) is 46.8 Å². The molecule has 1 spiro atoms. The van der Waals surface area contributed by atoms with Gasteiger partial charge in [0.05, 0.1) is 17.5 Å². The highest BCUT2D eigenvalue weighted by atomic mass is 16.3. The van der Waals surface area contributed by atoms with Gasteiger partial charge >= 0.3 is 0 Å². The molecule has 2 atom stereocenters. The van der Waals surface area contributed by atoms with E-state index in [4.69, 9.17) is 5.10 Å². The van der Waals surface area contributed by atoms with E-state index in [0.717, 1.165) is 75.2 Å². The fraction of sp³-hybridized carbons (Fsp3) is 0.656. The smallest absolute Gasteiger partial charge is 0.248 e. The van der Waals surface area contributed by atoms with E-state index in [0.29, 0.717) is 19.4 Å². The van der Waals surface area contributed by atoms with Crippen LogP contribution in [0.5, 0.6) is 0 Å². The van der Waals surface area contributed by atoms with E-state index in [1.54, 1.807) is 0 Å². The summed E-state index contributed by atoms with van der Waals surface area (Å²) in [5.74, 6) is -0.0906. The lowest BCUT2D eigenvalue weighted by atomic mass is 9.78. The van der Waals surface area contributed by atoms with Gasteiger partial charge in [-0.3, -0.25) is 14.5 Å². The number of carbonyl (C=O) groups excluding carboxylic acids is 2. The summed E-state index contributed by atoms with van der Waals surface area (Å²) >= 11 is 0. The Hall–Kier alpha value is -2.71. The van der Waals surface area contributed by atoms with E-state index in [1.165, 1.54) is 17.5 Å². The van der Waals surface area contributed by atoms with E-state index >= 15 is 0 Å². The van der Waals surface area contributed by atoms with Gasteiger partial charge in [-0.25, -0.2) is 4.68 Å². The summed E-state index contributed by atoms with van der Waals surface area (Å²) in [4.78, 5) is 31.9. The molecule has 0 radical (unpaired) electrons. The number of carbonyl (C=O) groups is 2. The van der Waals surface area contributed by atoms with E-state index in [9.17, 15) is 14.7 Å². The Morgan fingerprint density at radius 1 is 1.05 bits per heavy atom. The minimum absolute atomic E-state index is 0.0812. The van der Waals surface area contributed by atoms with Crippen LogP contribution in [0.4, 0.5) is 0 Å². The molecular formula is C32H47N5O3. The third kappa shape index (κ3) is 5.45. The molecule has 1 saturated carbocycles. The van der Waals surface area contributed by atoms with Crippen molar-refractivity contribution in [1.29, 1.82) is 0 Å². The maximum Gasteiger partial charge on any atom is 0.248 e. The van der Waals surface area contributed by atoms with Crippen LogP contribution in [-0.2, 0) is 16.1 Å². The number of aliphatic hydroxyl groups excluding tert-OH is 1. The first-order chi connectivity index (χ1) is 19.2. The van der Waals surface area contributed by atoms with Crippen LogP contribution < -0.4 is 5.32 Å². The molecule has 2 aromatic rings. The number of nitrogens with one attached hydrogen (secondary N) is 1. The molecule has 1 aromatic carbocycles. The topological polar surface area (TPSA) is 90.7 Å². The molecule has 3 aliphatic rings. The van der Waals surface area contributed by atoms with Crippen LogP contribution in [0, 0.1) is 26.7 Å². The van der Waals surface area contributed by atoms with Crippen molar-refractivity contribution in [2.45, 2.75) is 110 Å². The molecule has 0 bridgehead atoms. The van der Waals surface area contributed by atoms with Gasteiger partial charge in [0.15, 0.2) is 0 Å². The Bertz CT molecular complexity index is 1190. The Kier molecular flexibility index (Phi) is 8.66. The van der Waals surface area contributed by atoms with Gasteiger partial charge in [-0.1, -0.05) is 50.3 Å². The number of aryl methyl sites for hydroxylation is 2. The van der Waals surface area contributed by atoms with Gasteiger partial charge in [0.1, 0.15) is 11.6 Å². The quantitative estimate of drug-likeness (QED) is 0.515. The number of hydrogen-bond donors (Lipinski definition) is 2. The predicted octanol–water partition coefficient (Wildman–Crippen LogP) is 4.20. The zero-order valence-corrected chi connectivity index (χ0v) is 24.8. The summed E-state index contributed by atoms with van der Waals surface area (Å²) in [5.41, 5.74) is 4.83. The fourth-order valence-electron chi connectivity index (χ4n) is 7.10. The van der Waals surface area contributed by atoms with Crippen molar-refractivity contribution in [2.24, 2.45) is 5.92 Å². The number of likely N-dealkylation sites (tertiary alicyclic amines) is 1. The summed E-state index contributed by atoms with van der Waals surface area (Å²) < 4.78 is 2.02. The first-order valence-electron chi connectivity index (χ1n) is 15.4. The number of piperazine rings is 1. The summed E-state index contributed by atoms with van der Waals surface area (Å²) in [5, 5.41) is 19.1. The first-order valence-corrected chi connectivity index (χ1v) is 15.4. The maximum absolute atomic E-state index is 13.9. The number of aromatic nitrogens is 2. The van der Waals surface area contributed by atoms with Crippen molar-refractivity contribution < 1.29 is 14.7 Å². The van der Waals surface area contributed by atoms with Crippen molar-refractivity contribution in [3.8, 4) is 5.69 Å². The molecule has 1 aliphatic carbocycles. The third-order valence-corrected chi connectivity index (χ3v) is 9.75. The van der Waals surface area contributed by atoms with E-state index < -0.39 is 17.7 Å². The molecule has 218 valence electrons. The zero-order chi connectivity index (χ0) is 28.4. The molecule has 3 fully saturated rings. The second kappa shape index (κ2) is 12.0. The monoisotopic (exact) mass is 549 g/mol. The summed E-state index contributed by atoms with van der Waals surface area (Å²) in [7, 11) is 0. The highest BCUT2D eigenvalue weighted by molar-refractivity contribution is 6.00. The van der Waals surface area contributed by atoms with Gasteiger partial charge < -0.3 is 15.3 Å². The summed E-state index contributed by atoms with van der Waals surface area (Å²) in [6.07, 6.45) is 7.40. The number of piperidine rings is 1. The van der Waals surface area contributed by atoms with Gasteiger partial charge in [-0.15, -0.1) is 0 Å². The molecule has 2 N–H and O–H groups in total. The van der Waals surface area contributed by atoms with Crippen molar-refractivity contribution >= 4 is 11.8 Å². The summed E-state index contributed by atoms with van der Waals surface area (Å²) in [6, 6.07) is 7.59. The largest absolute Gasteiger partial charge is 0.390 e. The van der Waals surface area contributed by atoms with Gasteiger partial charge in [0, 0.05) is 37.4 Å². The molecule has 2 saturated heterocycles. The third-order valence-electron chi connectivity index (χ3n) is 9.75. The summed E-state index contributed by atoms with van der Waals surface area (Å²) in [6.45, 7) is 11.2. The minimum atomic E-state index is -0.832. The predicted molar refractivity (Wildman–Crippen MR) is 156 cm³/mol. The van der Waals surface area contributed by atoms with Crippen molar-refractivity contribution in [1.82, 2.24) is 24.9 Å². The zero-order valence-electron chi connectivity index (χ0n) is 24.8. The van der Waals surface area contributed by atoms with Crippen LogP contribution in [0.1, 0.15) is 87.2 Å². The first kappa shape index (κ1) is 28.8. The van der Waals surface area contributed by atoms with Crippen LogP contribution in [0.3, 0.4) is 0 Å². The molecule has 8 nitrogen and oxygen atoms in total. The normalized spacial score (nSPS) is 23.0. The SMILES string of the molecule is CCCCN1C(=O)C(C(O)C2CCCCC2)NC(=O)C12CCN(Cc1c(C)nn(-c3ccc(C)cc3)c1C)CC2. The molecule has 2 unspecified atom stereocenters. The van der Waals surface area contributed by atoms with Crippen LogP contribution in [-0.4, -0.2) is 73.8 Å². The number of amides is 2. The molecule has 5 rings (SSSR count).